The minimum Gasteiger partial charge on any atom is -0.496 e. The molecular weight excluding hydrogens is 208 g/mol. The Hall–Kier alpha value is -1.42. The van der Waals surface area contributed by atoms with Crippen molar-refractivity contribution in [3.8, 4) is 17.0 Å². The topological polar surface area (TPSA) is 37.9 Å². The van der Waals surface area contributed by atoms with Gasteiger partial charge in [-0.2, -0.15) is 12.6 Å². The summed E-state index contributed by atoms with van der Waals surface area (Å²) in [6.45, 7) is 0. The first kappa shape index (κ1) is 10.1. The fraction of sp³-hybridized carbons (Fsp3) is 0.182. The predicted molar refractivity (Wildman–Crippen MR) is 63.3 cm³/mol. The summed E-state index contributed by atoms with van der Waals surface area (Å²) in [7, 11) is 1.66. The van der Waals surface area contributed by atoms with Gasteiger partial charge in [0.2, 0.25) is 0 Å². The Kier molecular flexibility index (Phi) is 2.97. The number of para-hydroxylation sites is 1. The second-order valence-corrected chi connectivity index (χ2v) is 3.42. The van der Waals surface area contributed by atoms with E-state index in [2.05, 4.69) is 22.6 Å². The van der Waals surface area contributed by atoms with Crippen molar-refractivity contribution in [3.63, 3.8) is 0 Å². The minimum atomic E-state index is 0.606. The van der Waals surface area contributed by atoms with Crippen LogP contribution in [0, 0.1) is 0 Å². The number of methoxy groups -OCH3 is 1. The van der Waals surface area contributed by atoms with Gasteiger partial charge >= 0.3 is 0 Å². The van der Waals surface area contributed by atoms with Crippen LogP contribution in [0.2, 0.25) is 0 Å². The second kappa shape index (κ2) is 4.40. The Balaban J connectivity index is 2.44. The number of nitrogens with one attached hydrogen (secondary N) is 1. The van der Waals surface area contributed by atoms with E-state index in [0.29, 0.717) is 5.75 Å². The molecule has 0 spiro atoms. The van der Waals surface area contributed by atoms with Crippen molar-refractivity contribution in [1.82, 2.24) is 9.97 Å². The number of ether oxygens (including phenoxy) is 1. The molecular formula is C11H12N2OS. The number of rotatable bonds is 3. The monoisotopic (exact) mass is 220 g/mol. The lowest BCUT2D eigenvalue weighted by atomic mass is 10.1. The molecule has 0 aliphatic rings. The number of H-pyrrole nitrogens is 1. The number of aromatic amines is 1. The summed E-state index contributed by atoms with van der Waals surface area (Å²) in [5, 5.41) is 0. The van der Waals surface area contributed by atoms with Crippen molar-refractivity contribution >= 4 is 12.6 Å². The first-order valence-electron chi connectivity index (χ1n) is 4.63. The zero-order valence-electron chi connectivity index (χ0n) is 8.40. The molecule has 1 N–H and O–H groups in total. The molecule has 0 saturated carbocycles. The Labute approximate surface area is 93.9 Å². The number of hydrogen-bond acceptors (Lipinski definition) is 3. The molecule has 0 aliphatic heterocycles. The third kappa shape index (κ3) is 1.99. The Morgan fingerprint density at radius 3 is 2.87 bits per heavy atom. The van der Waals surface area contributed by atoms with E-state index in [1.165, 1.54) is 0 Å². The van der Waals surface area contributed by atoms with Gasteiger partial charge in [0.1, 0.15) is 11.6 Å². The van der Waals surface area contributed by atoms with Gasteiger partial charge in [0.25, 0.3) is 0 Å². The van der Waals surface area contributed by atoms with E-state index in [9.17, 15) is 0 Å². The number of thiol groups is 1. The van der Waals surface area contributed by atoms with Crippen LogP contribution in [0.15, 0.2) is 30.5 Å². The van der Waals surface area contributed by atoms with E-state index in [-0.39, 0.29) is 0 Å². The lowest BCUT2D eigenvalue weighted by Crippen LogP contribution is -1.87. The van der Waals surface area contributed by atoms with E-state index in [1.54, 1.807) is 13.3 Å². The molecule has 1 aromatic carbocycles. The summed E-state index contributed by atoms with van der Waals surface area (Å²) in [5.74, 6) is 2.31. The molecule has 0 aliphatic carbocycles. The van der Waals surface area contributed by atoms with Crippen LogP contribution < -0.4 is 4.74 Å². The maximum atomic E-state index is 5.28. The molecule has 2 rings (SSSR count). The predicted octanol–water partition coefficient (Wildman–Crippen LogP) is 2.52. The van der Waals surface area contributed by atoms with Crippen molar-refractivity contribution in [3.05, 3.63) is 36.3 Å². The summed E-state index contributed by atoms with van der Waals surface area (Å²) in [6.07, 6.45) is 1.80. The number of benzene rings is 1. The molecule has 0 bridgehead atoms. The summed E-state index contributed by atoms with van der Waals surface area (Å²) >= 11 is 4.16. The van der Waals surface area contributed by atoms with Crippen molar-refractivity contribution in [2.75, 3.05) is 7.11 Å². The van der Waals surface area contributed by atoms with Gasteiger partial charge in [0, 0.05) is 11.3 Å². The van der Waals surface area contributed by atoms with Gasteiger partial charge in [0.15, 0.2) is 0 Å². The van der Waals surface area contributed by atoms with Crippen LogP contribution >= 0.6 is 12.6 Å². The zero-order chi connectivity index (χ0) is 10.7. The number of aromatic nitrogens is 2. The Morgan fingerprint density at radius 2 is 2.20 bits per heavy atom. The fourth-order valence-corrected chi connectivity index (χ4v) is 1.61. The van der Waals surface area contributed by atoms with Crippen molar-refractivity contribution in [2.24, 2.45) is 0 Å². The van der Waals surface area contributed by atoms with Gasteiger partial charge < -0.3 is 9.72 Å². The maximum absolute atomic E-state index is 5.28. The molecule has 0 fully saturated rings. The molecule has 78 valence electrons. The third-order valence-corrected chi connectivity index (χ3v) is 2.47. The molecule has 3 nitrogen and oxygen atoms in total. The highest BCUT2D eigenvalue weighted by Gasteiger charge is 2.06. The summed E-state index contributed by atoms with van der Waals surface area (Å²) in [6, 6.07) is 7.84. The normalized spacial score (nSPS) is 10.3. The van der Waals surface area contributed by atoms with Crippen LogP contribution in [-0.4, -0.2) is 17.1 Å². The van der Waals surface area contributed by atoms with Crippen LogP contribution in [0.3, 0.4) is 0 Å². The van der Waals surface area contributed by atoms with Crippen LogP contribution in [0.1, 0.15) is 5.82 Å². The molecule has 4 heteroatoms. The number of imidazole rings is 1. The molecule has 0 atom stereocenters. The second-order valence-electron chi connectivity index (χ2n) is 3.10. The molecule has 0 amide bonds. The highest BCUT2D eigenvalue weighted by atomic mass is 32.1. The summed E-state index contributed by atoms with van der Waals surface area (Å²) < 4.78 is 5.28. The summed E-state index contributed by atoms with van der Waals surface area (Å²) in [4.78, 5) is 7.39. The van der Waals surface area contributed by atoms with Crippen molar-refractivity contribution in [2.45, 2.75) is 5.75 Å². The highest BCUT2D eigenvalue weighted by molar-refractivity contribution is 7.79. The quantitative estimate of drug-likeness (QED) is 0.780. The van der Waals surface area contributed by atoms with Crippen LogP contribution in [0.5, 0.6) is 5.75 Å². The Bertz CT molecular complexity index is 453. The average molecular weight is 220 g/mol. The van der Waals surface area contributed by atoms with Gasteiger partial charge in [-0.3, -0.25) is 0 Å². The SMILES string of the molecule is COc1ccccc1-c1cnc(CS)[nH]1. The Morgan fingerprint density at radius 1 is 1.40 bits per heavy atom. The van der Waals surface area contributed by atoms with Gasteiger partial charge in [-0.1, -0.05) is 12.1 Å². The first-order chi connectivity index (χ1) is 7.35. The summed E-state index contributed by atoms with van der Waals surface area (Å²) in [5.41, 5.74) is 1.97. The molecule has 0 radical (unpaired) electrons. The molecule has 1 heterocycles. The molecule has 0 saturated heterocycles. The molecule has 2 aromatic rings. The lowest BCUT2D eigenvalue weighted by molar-refractivity contribution is 0.416. The lowest BCUT2D eigenvalue weighted by Gasteiger charge is -2.05. The average Bonchev–Trinajstić information content (AvgIpc) is 2.77. The van der Waals surface area contributed by atoms with Crippen LogP contribution in [0.4, 0.5) is 0 Å². The molecule has 0 unspecified atom stereocenters. The zero-order valence-corrected chi connectivity index (χ0v) is 9.29. The first-order valence-corrected chi connectivity index (χ1v) is 5.26. The van der Waals surface area contributed by atoms with E-state index in [0.717, 1.165) is 22.8 Å². The van der Waals surface area contributed by atoms with E-state index >= 15 is 0 Å². The van der Waals surface area contributed by atoms with Gasteiger partial charge in [-0.15, -0.1) is 0 Å². The fourth-order valence-electron chi connectivity index (χ4n) is 1.45. The van der Waals surface area contributed by atoms with Gasteiger partial charge in [-0.05, 0) is 12.1 Å². The highest BCUT2D eigenvalue weighted by Crippen LogP contribution is 2.27. The van der Waals surface area contributed by atoms with Crippen molar-refractivity contribution < 1.29 is 4.74 Å². The molecule has 15 heavy (non-hydrogen) atoms. The van der Waals surface area contributed by atoms with Gasteiger partial charge in [-0.25, -0.2) is 4.98 Å². The third-order valence-electron chi connectivity index (χ3n) is 2.18. The van der Waals surface area contributed by atoms with E-state index in [4.69, 9.17) is 4.74 Å². The van der Waals surface area contributed by atoms with Crippen molar-refractivity contribution in [1.29, 1.82) is 0 Å². The molecule has 1 aromatic heterocycles. The van der Waals surface area contributed by atoms with Gasteiger partial charge in [0.05, 0.1) is 19.0 Å². The smallest absolute Gasteiger partial charge is 0.128 e. The minimum absolute atomic E-state index is 0.606. The largest absolute Gasteiger partial charge is 0.496 e. The number of nitrogens with zero attached hydrogens (tertiary/aromatic N) is 1. The standard InChI is InChI=1S/C11H12N2OS/c1-14-10-5-3-2-4-8(10)9-6-12-11(7-15)13-9/h2-6,15H,7H2,1H3,(H,12,13). The van der Waals surface area contributed by atoms with E-state index < -0.39 is 0 Å². The van der Waals surface area contributed by atoms with Crippen LogP contribution in [0.25, 0.3) is 11.3 Å². The maximum Gasteiger partial charge on any atom is 0.128 e. The number of hydrogen-bond donors (Lipinski definition) is 2. The van der Waals surface area contributed by atoms with Crippen LogP contribution in [-0.2, 0) is 5.75 Å². The van der Waals surface area contributed by atoms with E-state index in [1.807, 2.05) is 24.3 Å².